The second-order valence-corrected chi connectivity index (χ2v) is 8.10. The van der Waals surface area contributed by atoms with Crippen LogP contribution in [0.4, 0.5) is 5.69 Å². The van der Waals surface area contributed by atoms with Crippen LogP contribution in [-0.4, -0.2) is 15.0 Å². The summed E-state index contributed by atoms with van der Waals surface area (Å²) in [5, 5.41) is 0. The number of anilines is 1. The van der Waals surface area contributed by atoms with Crippen molar-refractivity contribution in [3.8, 4) is 0 Å². The molecule has 0 bridgehead atoms. The quantitative estimate of drug-likeness (QED) is 0.821. The van der Waals surface area contributed by atoms with Crippen LogP contribution in [0.5, 0.6) is 0 Å². The normalized spacial score (nSPS) is 12.9. The Morgan fingerprint density at radius 3 is 2.30 bits per heavy atom. The molecule has 0 amide bonds. The summed E-state index contributed by atoms with van der Waals surface area (Å²) in [5.41, 5.74) is 7.55. The summed E-state index contributed by atoms with van der Waals surface area (Å²) < 4.78 is 27.8. The lowest BCUT2D eigenvalue weighted by Crippen LogP contribution is -2.37. The van der Waals surface area contributed by atoms with Gasteiger partial charge in [0.2, 0.25) is 10.0 Å². The number of rotatable bonds is 5. The summed E-state index contributed by atoms with van der Waals surface area (Å²) in [5.74, 6) is 0.383. The summed E-state index contributed by atoms with van der Waals surface area (Å²) in [4.78, 5) is 0.303. The molecule has 1 rings (SSSR count). The third kappa shape index (κ3) is 3.52. The molecule has 0 aliphatic rings. The van der Waals surface area contributed by atoms with E-state index < -0.39 is 10.0 Å². The molecule has 20 heavy (non-hydrogen) atoms. The van der Waals surface area contributed by atoms with Gasteiger partial charge in [0, 0.05) is 12.2 Å². The smallest absolute Gasteiger partial charge is 0.241 e. The summed E-state index contributed by atoms with van der Waals surface area (Å²) >= 11 is 0. The van der Waals surface area contributed by atoms with Crippen LogP contribution in [0.1, 0.15) is 38.8 Å². The van der Waals surface area contributed by atoms with E-state index >= 15 is 0 Å². The van der Waals surface area contributed by atoms with Crippen molar-refractivity contribution >= 4 is 15.7 Å². The van der Waals surface area contributed by atoms with Gasteiger partial charge >= 0.3 is 0 Å². The Bertz CT molecular complexity index is 590. The van der Waals surface area contributed by atoms with Crippen LogP contribution in [0.15, 0.2) is 17.0 Å². The predicted octanol–water partition coefficient (Wildman–Crippen LogP) is 2.85. The molecule has 0 fully saturated rings. The van der Waals surface area contributed by atoms with Crippen molar-refractivity contribution in [1.29, 1.82) is 0 Å². The van der Waals surface area contributed by atoms with Crippen LogP contribution >= 0.6 is 0 Å². The van der Waals surface area contributed by atoms with E-state index in [1.54, 1.807) is 26.0 Å². The standard InChI is InChI=1S/C15H26N2O2S/c1-10(2)15(5,6)9-17-20(18,19)14-11(3)7-8-13(16)12(14)4/h7-8,10,17H,9,16H2,1-6H3. The lowest BCUT2D eigenvalue weighted by atomic mass is 9.81. The Morgan fingerprint density at radius 2 is 1.80 bits per heavy atom. The molecule has 0 aliphatic heterocycles. The zero-order chi connectivity index (χ0) is 15.7. The van der Waals surface area contributed by atoms with Gasteiger partial charge in [-0.3, -0.25) is 0 Å². The zero-order valence-corrected chi connectivity index (χ0v) is 14.1. The molecule has 5 heteroatoms. The highest BCUT2D eigenvalue weighted by Gasteiger charge is 2.27. The first-order chi connectivity index (χ1) is 8.99. The van der Waals surface area contributed by atoms with E-state index in [0.717, 1.165) is 0 Å². The first-order valence-electron chi connectivity index (χ1n) is 6.84. The molecule has 1 aromatic carbocycles. The Morgan fingerprint density at radius 1 is 1.25 bits per heavy atom. The maximum atomic E-state index is 12.5. The summed E-state index contributed by atoms with van der Waals surface area (Å²) in [6.07, 6.45) is 0. The molecule has 0 heterocycles. The van der Waals surface area contributed by atoms with Gasteiger partial charge < -0.3 is 5.73 Å². The molecule has 0 aliphatic carbocycles. The van der Waals surface area contributed by atoms with Gasteiger partial charge in [-0.15, -0.1) is 0 Å². The fourth-order valence-electron chi connectivity index (χ4n) is 1.81. The Balaban J connectivity index is 3.11. The number of aryl methyl sites for hydroxylation is 1. The van der Waals surface area contributed by atoms with Crippen molar-refractivity contribution in [3.05, 3.63) is 23.3 Å². The topological polar surface area (TPSA) is 72.2 Å². The third-order valence-electron chi connectivity index (χ3n) is 4.19. The first kappa shape index (κ1) is 17.0. The molecule has 0 spiro atoms. The average Bonchev–Trinajstić information content (AvgIpc) is 2.32. The van der Waals surface area contributed by atoms with Crippen LogP contribution < -0.4 is 10.5 Å². The minimum absolute atomic E-state index is 0.102. The van der Waals surface area contributed by atoms with Crippen molar-refractivity contribution in [2.75, 3.05) is 12.3 Å². The first-order valence-corrected chi connectivity index (χ1v) is 8.32. The molecule has 0 saturated heterocycles. The zero-order valence-electron chi connectivity index (χ0n) is 13.2. The monoisotopic (exact) mass is 298 g/mol. The fraction of sp³-hybridized carbons (Fsp3) is 0.600. The highest BCUT2D eigenvalue weighted by molar-refractivity contribution is 7.89. The molecular formula is C15H26N2O2S. The molecule has 0 atom stereocenters. The van der Waals surface area contributed by atoms with Crippen LogP contribution in [0.25, 0.3) is 0 Å². The van der Waals surface area contributed by atoms with Crippen molar-refractivity contribution in [3.63, 3.8) is 0 Å². The molecule has 4 nitrogen and oxygen atoms in total. The summed E-state index contributed by atoms with van der Waals surface area (Å²) in [7, 11) is -3.54. The molecule has 1 aromatic rings. The van der Waals surface area contributed by atoms with Gasteiger partial charge in [-0.2, -0.15) is 0 Å². The van der Waals surface area contributed by atoms with E-state index in [1.165, 1.54) is 0 Å². The van der Waals surface area contributed by atoms with Crippen molar-refractivity contribution < 1.29 is 8.42 Å². The van der Waals surface area contributed by atoms with Crippen molar-refractivity contribution in [2.45, 2.75) is 46.4 Å². The molecule has 114 valence electrons. The molecule has 0 radical (unpaired) electrons. The van der Waals surface area contributed by atoms with E-state index in [1.807, 2.05) is 0 Å². The predicted molar refractivity (Wildman–Crippen MR) is 84.1 cm³/mol. The van der Waals surface area contributed by atoms with Crippen LogP contribution in [0.3, 0.4) is 0 Å². The number of hydrogen-bond acceptors (Lipinski definition) is 3. The maximum Gasteiger partial charge on any atom is 0.241 e. The fourth-order valence-corrected chi connectivity index (χ4v) is 3.53. The van der Waals surface area contributed by atoms with Gasteiger partial charge in [0.25, 0.3) is 0 Å². The van der Waals surface area contributed by atoms with Crippen molar-refractivity contribution in [1.82, 2.24) is 4.72 Å². The minimum atomic E-state index is -3.54. The number of benzene rings is 1. The average molecular weight is 298 g/mol. The molecule has 0 saturated carbocycles. The highest BCUT2D eigenvalue weighted by atomic mass is 32.2. The molecule has 0 aromatic heterocycles. The van der Waals surface area contributed by atoms with Gasteiger partial charge in [-0.05, 0) is 42.4 Å². The number of nitrogens with one attached hydrogen (secondary N) is 1. The van der Waals surface area contributed by atoms with E-state index in [2.05, 4.69) is 32.4 Å². The molecule has 3 N–H and O–H groups in total. The maximum absolute atomic E-state index is 12.5. The van der Waals surface area contributed by atoms with Gasteiger partial charge in [0.05, 0.1) is 4.90 Å². The van der Waals surface area contributed by atoms with Gasteiger partial charge in [0.15, 0.2) is 0 Å². The Labute approximate surface area is 122 Å². The lowest BCUT2D eigenvalue weighted by molar-refractivity contribution is 0.252. The summed E-state index contributed by atoms with van der Waals surface area (Å²) in [6, 6.07) is 3.48. The van der Waals surface area contributed by atoms with Crippen molar-refractivity contribution in [2.24, 2.45) is 11.3 Å². The Kier molecular flexibility index (Phi) is 4.87. The number of hydrogen-bond donors (Lipinski definition) is 2. The van der Waals surface area contributed by atoms with Crippen LogP contribution in [-0.2, 0) is 10.0 Å². The second kappa shape index (κ2) is 5.74. The van der Waals surface area contributed by atoms with E-state index in [0.29, 0.717) is 34.2 Å². The highest BCUT2D eigenvalue weighted by Crippen LogP contribution is 2.28. The molecular weight excluding hydrogens is 272 g/mol. The van der Waals surface area contributed by atoms with Gasteiger partial charge in [-0.25, -0.2) is 13.1 Å². The van der Waals surface area contributed by atoms with Gasteiger partial charge in [0.1, 0.15) is 0 Å². The number of sulfonamides is 1. The molecule has 0 unspecified atom stereocenters. The van der Waals surface area contributed by atoms with E-state index in [4.69, 9.17) is 5.73 Å². The van der Waals surface area contributed by atoms with Crippen LogP contribution in [0.2, 0.25) is 0 Å². The van der Waals surface area contributed by atoms with Crippen LogP contribution in [0, 0.1) is 25.2 Å². The summed E-state index contributed by atoms with van der Waals surface area (Å²) in [6.45, 7) is 12.2. The Hall–Kier alpha value is -1.07. The largest absolute Gasteiger partial charge is 0.398 e. The van der Waals surface area contributed by atoms with Gasteiger partial charge in [-0.1, -0.05) is 33.8 Å². The SMILES string of the molecule is Cc1ccc(N)c(C)c1S(=O)(=O)NCC(C)(C)C(C)C. The second-order valence-electron chi connectivity index (χ2n) is 6.39. The third-order valence-corrected chi connectivity index (χ3v) is 5.88. The minimum Gasteiger partial charge on any atom is -0.398 e. The number of nitrogen functional groups attached to an aromatic ring is 1. The number of nitrogens with two attached hydrogens (primary N) is 1. The van der Waals surface area contributed by atoms with E-state index in [-0.39, 0.29) is 5.41 Å². The lowest BCUT2D eigenvalue weighted by Gasteiger charge is -2.29. The van der Waals surface area contributed by atoms with E-state index in [9.17, 15) is 8.42 Å².